The summed E-state index contributed by atoms with van der Waals surface area (Å²) in [5.41, 5.74) is 2.09. The number of rotatable bonds is 3. The Bertz CT molecular complexity index is 939. The Morgan fingerprint density at radius 2 is 1.54 bits per heavy atom. The lowest BCUT2D eigenvalue weighted by Gasteiger charge is -2.54. The number of Topliss-reactive ketones (excluding diaryl/α,β-unsaturated/α-hetero) is 1. The van der Waals surface area contributed by atoms with E-state index in [0.29, 0.717) is 0 Å². The summed E-state index contributed by atoms with van der Waals surface area (Å²) in [6.45, 7) is 7.48. The normalized spacial score (nSPS) is 20.7. The van der Waals surface area contributed by atoms with Crippen LogP contribution in [0, 0.1) is 5.92 Å². The Hall–Kier alpha value is -2.45. The summed E-state index contributed by atoms with van der Waals surface area (Å²) in [5.74, 6) is 0.267. The van der Waals surface area contributed by atoms with Crippen LogP contribution in [-0.4, -0.2) is 22.8 Å². The van der Waals surface area contributed by atoms with Crippen LogP contribution >= 0.6 is 0 Å². The first-order valence-electron chi connectivity index (χ1n) is 9.30. The number of hydrogen-bond donors (Lipinski definition) is 0. The van der Waals surface area contributed by atoms with Gasteiger partial charge in [0.2, 0.25) is 0 Å². The quantitative estimate of drug-likeness (QED) is 0.586. The highest BCUT2D eigenvalue weighted by Crippen LogP contribution is 2.45. The summed E-state index contributed by atoms with van der Waals surface area (Å²) in [6.07, 6.45) is 0. The number of ketones is 1. The SMILES string of the molecule is CC(C)(C)N1C[C@@H](C(=O)c2ccc3ccccc3c2)[C@@H]1c1ccccc1. The van der Waals surface area contributed by atoms with Crippen molar-refractivity contribution >= 4 is 16.6 Å². The summed E-state index contributed by atoms with van der Waals surface area (Å²) in [4.78, 5) is 15.7. The van der Waals surface area contributed by atoms with Crippen LogP contribution < -0.4 is 0 Å². The number of hydrogen-bond acceptors (Lipinski definition) is 2. The molecule has 4 rings (SSSR count). The number of benzene rings is 3. The average Bonchev–Trinajstić information content (AvgIpc) is 2.60. The standard InChI is InChI=1S/C24H25NO/c1-24(2,3)25-16-21(22(25)18-10-5-4-6-11-18)23(26)20-14-13-17-9-7-8-12-19(17)15-20/h4-15,21-22H,16H2,1-3H3/t21-,22+/m1/s1. The van der Waals surface area contributed by atoms with E-state index in [1.54, 1.807) is 0 Å². The second-order valence-electron chi connectivity index (χ2n) is 8.21. The molecule has 1 aliphatic heterocycles. The van der Waals surface area contributed by atoms with Gasteiger partial charge >= 0.3 is 0 Å². The zero-order valence-corrected chi connectivity index (χ0v) is 15.6. The van der Waals surface area contributed by atoms with Gasteiger partial charge in [-0.05, 0) is 43.2 Å². The minimum atomic E-state index is 0.0118. The van der Waals surface area contributed by atoms with Gasteiger partial charge in [0, 0.05) is 23.7 Å². The molecule has 0 saturated carbocycles. The van der Waals surface area contributed by atoms with Crippen molar-refractivity contribution in [3.8, 4) is 0 Å². The van der Waals surface area contributed by atoms with E-state index < -0.39 is 0 Å². The van der Waals surface area contributed by atoms with Crippen molar-refractivity contribution in [3.05, 3.63) is 83.9 Å². The van der Waals surface area contributed by atoms with E-state index in [1.807, 2.05) is 30.3 Å². The topological polar surface area (TPSA) is 20.3 Å². The lowest BCUT2D eigenvalue weighted by molar-refractivity contribution is -0.0434. The van der Waals surface area contributed by atoms with Crippen LogP contribution in [0.25, 0.3) is 10.8 Å². The van der Waals surface area contributed by atoms with Crippen molar-refractivity contribution in [1.29, 1.82) is 0 Å². The molecular formula is C24H25NO. The summed E-state index contributed by atoms with van der Waals surface area (Å²) in [5, 5.41) is 2.30. The third-order valence-corrected chi connectivity index (χ3v) is 5.48. The van der Waals surface area contributed by atoms with E-state index >= 15 is 0 Å². The maximum Gasteiger partial charge on any atom is 0.169 e. The minimum Gasteiger partial charge on any atom is -0.294 e. The Balaban J connectivity index is 1.68. The molecule has 1 fully saturated rings. The van der Waals surface area contributed by atoms with E-state index in [1.165, 1.54) is 10.9 Å². The molecule has 0 aliphatic carbocycles. The average molecular weight is 343 g/mol. The number of carbonyl (C=O) groups is 1. The molecule has 2 heteroatoms. The molecule has 0 radical (unpaired) electrons. The van der Waals surface area contributed by atoms with Crippen molar-refractivity contribution in [3.63, 3.8) is 0 Å². The van der Waals surface area contributed by atoms with Gasteiger partial charge in [0.25, 0.3) is 0 Å². The molecule has 0 amide bonds. The Labute approximate surface area is 155 Å². The van der Waals surface area contributed by atoms with Crippen molar-refractivity contribution < 1.29 is 4.79 Å². The van der Waals surface area contributed by atoms with Gasteiger partial charge in [0.05, 0.1) is 5.92 Å². The molecule has 2 atom stereocenters. The van der Waals surface area contributed by atoms with E-state index in [-0.39, 0.29) is 23.3 Å². The summed E-state index contributed by atoms with van der Waals surface area (Å²) in [7, 11) is 0. The molecule has 3 aromatic carbocycles. The number of fused-ring (bicyclic) bond motifs is 1. The fraction of sp³-hybridized carbons (Fsp3) is 0.292. The van der Waals surface area contributed by atoms with E-state index in [2.05, 4.69) is 68.1 Å². The first-order valence-corrected chi connectivity index (χ1v) is 9.30. The van der Waals surface area contributed by atoms with Gasteiger partial charge in [-0.1, -0.05) is 66.7 Å². The fourth-order valence-electron chi connectivity index (χ4n) is 4.04. The van der Waals surface area contributed by atoms with Gasteiger partial charge in [-0.25, -0.2) is 0 Å². The zero-order chi connectivity index (χ0) is 18.3. The second kappa shape index (κ2) is 6.37. The van der Waals surface area contributed by atoms with Crippen LogP contribution in [0.3, 0.4) is 0 Å². The third-order valence-electron chi connectivity index (χ3n) is 5.48. The number of carbonyl (C=O) groups excluding carboxylic acids is 1. The van der Waals surface area contributed by atoms with Gasteiger partial charge in [-0.2, -0.15) is 0 Å². The largest absolute Gasteiger partial charge is 0.294 e. The predicted octanol–water partition coefficient (Wildman–Crippen LogP) is 5.49. The maximum absolute atomic E-state index is 13.3. The first kappa shape index (κ1) is 17.0. The molecule has 1 heterocycles. The Morgan fingerprint density at radius 1 is 0.885 bits per heavy atom. The second-order valence-corrected chi connectivity index (χ2v) is 8.21. The van der Waals surface area contributed by atoms with Crippen molar-refractivity contribution in [1.82, 2.24) is 4.90 Å². The van der Waals surface area contributed by atoms with E-state index in [0.717, 1.165) is 17.5 Å². The molecule has 0 aromatic heterocycles. The lowest BCUT2D eigenvalue weighted by Crippen LogP contribution is -2.60. The Kier molecular flexibility index (Phi) is 4.16. The highest BCUT2D eigenvalue weighted by atomic mass is 16.1. The highest BCUT2D eigenvalue weighted by molar-refractivity contribution is 6.02. The first-order chi connectivity index (χ1) is 12.4. The van der Waals surface area contributed by atoms with Crippen LogP contribution in [0.4, 0.5) is 0 Å². The number of nitrogens with zero attached hydrogens (tertiary/aromatic N) is 1. The van der Waals surface area contributed by atoms with Crippen LogP contribution in [0.2, 0.25) is 0 Å². The highest BCUT2D eigenvalue weighted by Gasteiger charge is 2.48. The third kappa shape index (κ3) is 2.95. The van der Waals surface area contributed by atoms with Crippen molar-refractivity contribution in [2.24, 2.45) is 5.92 Å². The lowest BCUT2D eigenvalue weighted by atomic mass is 9.75. The molecule has 0 N–H and O–H groups in total. The van der Waals surface area contributed by atoms with E-state index in [4.69, 9.17) is 0 Å². The molecule has 0 bridgehead atoms. The van der Waals surface area contributed by atoms with Crippen LogP contribution in [0.5, 0.6) is 0 Å². The van der Waals surface area contributed by atoms with Gasteiger partial charge in [-0.3, -0.25) is 9.69 Å². The molecule has 2 nitrogen and oxygen atoms in total. The predicted molar refractivity (Wildman–Crippen MR) is 107 cm³/mol. The Morgan fingerprint density at radius 3 is 2.23 bits per heavy atom. The summed E-state index contributed by atoms with van der Waals surface area (Å²) in [6, 6.07) is 24.9. The van der Waals surface area contributed by atoms with Gasteiger partial charge in [-0.15, -0.1) is 0 Å². The maximum atomic E-state index is 13.3. The zero-order valence-electron chi connectivity index (χ0n) is 15.6. The smallest absolute Gasteiger partial charge is 0.169 e. The molecule has 1 saturated heterocycles. The van der Waals surface area contributed by atoms with Crippen LogP contribution in [-0.2, 0) is 0 Å². The van der Waals surface area contributed by atoms with Crippen LogP contribution in [0.1, 0.15) is 42.7 Å². The molecule has 3 aromatic rings. The van der Waals surface area contributed by atoms with Gasteiger partial charge in [0.15, 0.2) is 5.78 Å². The summed E-state index contributed by atoms with van der Waals surface area (Å²) >= 11 is 0. The number of likely N-dealkylation sites (tertiary alicyclic amines) is 1. The van der Waals surface area contributed by atoms with Gasteiger partial charge < -0.3 is 0 Å². The van der Waals surface area contributed by atoms with Gasteiger partial charge in [0.1, 0.15) is 0 Å². The van der Waals surface area contributed by atoms with Crippen molar-refractivity contribution in [2.45, 2.75) is 32.4 Å². The van der Waals surface area contributed by atoms with Crippen molar-refractivity contribution in [2.75, 3.05) is 6.54 Å². The fourth-order valence-corrected chi connectivity index (χ4v) is 4.04. The molecule has 0 unspecified atom stereocenters. The minimum absolute atomic E-state index is 0.0118. The van der Waals surface area contributed by atoms with Crippen LogP contribution in [0.15, 0.2) is 72.8 Å². The molecular weight excluding hydrogens is 318 g/mol. The molecule has 1 aliphatic rings. The molecule has 26 heavy (non-hydrogen) atoms. The molecule has 132 valence electrons. The molecule has 0 spiro atoms. The van der Waals surface area contributed by atoms with E-state index in [9.17, 15) is 4.79 Å². The monoisotopic (exact) mass is 343 g/mol. The summed E-state index contributed by atoms with van der Waals surface area (Å²) < 4.78 is 0.